The first-order chi connectivity index (χ1) is 6.49. The van der Waals surface area contributed by atoms with E-state index in [9.17, 15) is 4.55 Å². The highest BCUT2D eigenvalue weighted by Crippen LogP contribution is 2.45. The van der Waals surface area contributed by atoms with Crippen LogP contribution in [0.25, 0.3) is 0 Å². The lowest BCUT2D eigenvalue weighted by Gasteiger charge is -2.41. The van der Waals surface area contributed by atoms with Gasteiger partial charge in [0.2, 0.25) is 5.11 Å². The van der Waals surface area contributed by atoms with Crippen LogP contribution in [0.3, 0.4) is 0 Å². The molecule has 1 heterocycles. The van der Waals surface area contributed by atoms with Crippen LogP contribution in [0, 0.1) is 0 Å². The van der Waals surface area contributed by atoms with Crippen LogP contribution in [0.4, 0.5) is 0 Å². The number of rotatable bonds is 0. The van der Waals surface area contributed by atoms with Gasteiger partial charge < -0.3 is 9.27 Å². The number of hydrogen-bond acceptors (Lipinski definition) is 2. The summed E-state index contributed by atoms with van der Waals surface area (Å²) in [5.41, 5.74) is 2.01. The number of allylic oxidation sites excluding steroid dienone is 3. The minimum atomic E-state index is -1.91. The Labute approximate surface area is 90.3 Å². The highest BCUT2D eigenvalue weighted by atomic mass is 32.3. The van der Waals surface area contributed by atoms with E-state index < -0.39 is 10.5 Å². The summed E-state index contributed by atoms with van der Waals surface area (Å²) in [5, 5.41) is 0.355. The van der Waals surface area contributed by atoms with Crippen molar-refractivity contribution in [3.05, 3.63) is 23.8 Å². The summed E-state index contributed by atoms with van der Waals surface area (Å²) in [6.45, 7) is 2.00. The Kier molecular flexibility index (Phi) is 2.25. The molecule has 0 bridgehead atoms. The van der Waals surface area contributed by atoms with Crippen LogP contribution in [0.5, 0.6) is 0 Å². The molecule has 0 aromatic carbocycles. The quantitative estimate of drug-likeness (QED) is 0.623. The van der Waals surface area contributed by atoms with Gasteiger partial charge in [-0.05, 0) is 30.8 Å². The number of fused-ring (bicyclic) bond motifs is 1. The van der Waals surface area contributed by atoms with Gasteiger partial charge in [-0.25, -0.2) is 4.99 Å². The number of hydrogen-bond donors (Lipinski definition) is 2. The predicted molar refractivity (Wildman–Crippen MR) is 66.0 cm³/mol. The molecule has 0 fully saturated rings. The Hall–Kier alpha value is -0.650. The summed E-state index contributed by atoms with van der Waals surface area (Å²) in [6.07, 6.45) is 7.75. The lowest BCUT2D eigenvalue weighted by molar-refractivity contribution is 0.624. The molecule has 0 saturated carbocycles. The van der Waals surface area contributed by atoms with E-state index in [1.165, 1.54) is 0 Å². The maximum Gasteiger partial charge on any atom is 0.203 e. The summed E-state index contributed by atoms with van der Waals surface area (Å²) >= 11 is 4.97. The summed E-state index contributed by atoms with van der Waals surface area (Å²) < 4.78 is 13.0. The van der Waals surface area contributed by atoms with E-state index in [4.69, 9.17) is 12.2 Å². The first kappa shape index (κ1) is 9.89. The van der Waals surface area contributed by atoms with E-state index >= 15 is 0 Å². The number of nitrogens with one attached hydrogen (secondary N) is 1. The molecule has 2 rings (SSSR count). The van der Waals surface area contributed by atoms with Crippen molar-refractivity contribution in [1.29, 1.82) is 0 Å². The van der Waals surface area contributed by atoms with E-state index in [-0.39, 0.29) is 5.25 Å². The van der Waals surface area contributed by atoms with Crippen molar-refractivity contribution in [3.8, 4) is 0 Å². The molecule has 5 heteroatoms. The highest BCUT2D eigenvalue weighted by Gasteiger charge is 2.34. The number of thiocarbonyl (C=S) groups is 1. The molecule has 0 radical (unpaired) electrons. The Morgan fingerprint density at radius 2 is 2.36 bits per heavy atom. The van der Waals surface area contributed by atoms with Crippen molar-refractivity contribution in [1.82, 2.24) is 4.72 Å². The lowest BCUT2D eigenvalue weighted by Crippen LogP contribution is -2.41. The topological polar surface area (TPSA) is 44.6 Å². The van der Waals surface area contributed by atoms with E-state index in [0.29, 0.717) is 5.11 Å². The van der Waals surface area contributed by atoms with Crippen LogP contribution in [0.2, 0.25) is 0 Å². The molecule has 3 nitrogen and oxygen atoms in total. The average Bonchev–Trinajstić information content (AvgIpc) is 2.00. The van der Waals surface area contributed by atoms with Gasteiger partial charge >= 0.3 is 0 Å². The molecule has 0 aromatic rings. The monoisotopic (exact) mass is 228 g/mol. The second-order valence-corrected chi connectivity index (χ2v) is 6.52. The SMILES string of the molecule is CC1=CC2=NC(=S)NS(C)(O)C2C=C1. The summed E-state index contributed by atoms with van der Waals surface area (Å²) in [4.78, 5) is 4.22. The van der Waals surface area contributed by atoms with Gasteiger partial charge in [-0.2, -0.15) is 0 Å². The zero-order valence-corrected chi connectivity index (χ0v) is 9.65. The molecule has 2 unspecified atom stereocenters. The third-order valence-corrected chi connectivity index (χ3v) is 4.54. The second kappa shape index (κ2) is 3.18. The normalized spacial score (nSPS) is 40.2. The molecular weight excluding hydrogens is 216 g/mol. The fraction of sp³-hybridized carbons (Fsp3) is 0.333. The van der Waals surface area contributed by atoms with Gasteiger partial charge in [-0.15, -0.1) is 0 Å². The largest absolute Gasteiger partial charge is 0.333 e. The van der Waals surface area contributed by atoms with Gasteiger partial charge in [-0.3, -0.25) is 0 Å². The van der Waals surface area contributed by atoms with E-state index in [2.05, 4.69) is 9.71 Å². The smallest absolute Gasteiger partial charge is 0.203 e. The van der Waals surface area contributed by atoms with Crippen molar-refractivity contribution in [3.63, 3.8) is 0 Å². The molecule has 0 amide bonds. The van der Waals surface area contributed by atoms with Crippen LogP contribution in [0.1, 0.15) is 6.92 Å². The van der Waals surface area contributed by atoms with Gasteiger partial charge in [0.15, 0.2) is 0 Å². The van der Waals surface area contributed by atoms with Gasteiger partial charge in [0.1, 0.15) is 0 Å². The molecule has 0 aromatic heterocycles. The third-order valence-electron chi connectivity index (χ3n) is 2.22. The standard InChI is InChI=1S/C9H12N2OS2/c1-6-3-4-8-7(5-6)10-9(13)11-14(8,2)12/h3-5,8,12H,1-2H3,(H,11,13). The van der Waals surface area contributed by atoms with Crippen molar-refractivity contribution in [2.45, 2.75) is 12.2 Å². The van der Waals surface area contributed by atoms with Crippen molar-refractivity contribution in [2.75, 3.05) is 6.26 Å². The number of aliphatic imine (C=N–C) groups is 1. The number of nitrogens with zero attached hydrogens (tertiary/aromatic N) is 1. The zero-order valence-electron chi connectivity index (χ0n) is 8.02. The highest BCUT2D eigenvalue weighted by molar-refractivity contribution is 8.28. The van der Waals surface area contributed by atoms with Crippen LogP contribution < -0.4 is 4.72 Å². The maximum absolute atomic E-state index is 10.1. The molecule has 2 N–H and O–H groups in total. The molecule has 76 valence electrons. The fourth-order valence-corrected chi connectivity index (χ4v) is 3.68. The van der Waals surface area contributed by atoms with Gasteiger partial charge in [-0.1, -0.05) is 22.6 Å². The van der Waals surface area contributed by atoms with Gasteiger partial charge in [0, 0.05) is 6.26 Å². The minimum absolute atomic E-state index is 0.0297. The predicted octanol–water partition coefficient (Wildman–Crippen LogP) is 2.02. The van der Waals surface area contributed by atoms with E-state index in [1.54, 1.807) is 6.26 Å². The Morgan fingerprint density at radius 1 is 1.64 bits per heavy atom. The molecular formula is C9H12N2OS2. The van der Waals surface area contributed by atoms with Gasteiger partial charge in [0.05, 0.1) is 11.0 Å². The molecule has 14 heavy (non-hydrogen) atoms. The molecule has 1 aliphatic heterocycles. The average molecular weight is 228 g/mol. The lowest BCUT2D eigenvalue weighted by atomic mass is 10.1. The fourth-order valence-electron chi connectivity index (χ4n) is 1.57. The maximum atomic E-state index is 10.1. The first-order valence-electron chi connectivity index (χ1n) is 4.25. The summed E-state index contributed by atoms with van der Waals surface area (Å²) in [6, 6.07) is 0. The van der Waals surface area contributed by atoms with Crippen LogP contribution in [0.15, 0.2) is 28.8 Å². The Balaban J connectivity index is 2.46. The molecule has 0 saturated heterocycles. The van der Waals surface area contributed by atoms with Crippen LogP contribution in [-0.2, 0) is 0 Å². The first-order valence-corrected chi connectivity index (χ1v) is 6.72. The molecule has 2 atom stereocenters. The van der Waals surface area contributed by atoms with Crippen molar-refractivity contribution in [2.24, 2.45) is 4.99 Å². The molecule has 1 aliphatic carbocycles. The van der Waals surface area contributed by atoms with Crippen molar-refractivity contribution >= 4 is 33.5 Å². The second-order valence-electron chi connectivity index (χ2n) is 3.55. The van der Waals surface area contributed by atoms with Crippen LogP contribution >= 0.6 is 22.7 Å². The minimum Gasteiger partial charge on any atom is -0.333 e. The summed E-state index contributed by atoms with van der Waals surface area (Å²) in [5.74, 6) is 0. The van der Waals surface area contributed by atoms with E-state index in [0.717, 1.165) is 11.3 Å². The summed E-state index contributed by atoms with van der Waals surface area (Å²) in [7, 11) is -1.91. The van der Waals surface area contributed by atoms with Crippen molar-refractivity contribution < 1.29 is 4.55 Å². The molecule has 2 aliphatic rings. The zero-order chi connectivity index (χ0) is 10.3. The third kappa shape index (κ3) is 1.63. The molecule has 0 spiro atoms. The van der Waals surface area contributed by atoms with Gasteiger partial charge in [0.25, 0.3) is 0 Å². The van der Waals surface area contributed by atoms with Crippen LogP contribution in [-0.4, -0.2) is 26.9 Å². The Morgan fingerprint density at radius 3 is 3.07 bits per heavy atom. The Bertz CT molecular complexity index is 382. The van der Waals surface area contributed by atoms with E-state index in [1.807, 2.05) is 25.2 Å².